The summed E-state index contributed by atoms with van der Waals surface area (Å²) in [5.74, 6) is 0.176. The van der Waals surface area contributed by atoms with E-state index in [4.69, 9.17) is 0 Å². The van der Waals surface area contributed by atoms with E-state index in [0.29, 0.717) is 6.04 Å². The summed E-state index contributed by atoms with van der Waals surface area (Å²) in [7, 11) is 0. The maximum atomic E-state index is 12.4. The molecule has 3 rings (SSSR count). The van der Waals surface area contributed by atoms with E-state index in [9.17, 15) is 4.79 Å². The van der Waals surface area contributed by atoms with E-state index in [1.165, 1.54) is 12.8 Å². The van der Waals surface area contributed by atoms with Crippen LogP contribution in [0.25, 0.3) is 0 Å². The number of carbonyl (C=O) groups is 1. The van der Waals surface area contributed by atoms with Crippen molar-refractivity contribution < 1.29 is 4.79 Å². The Morgan fingerprint density at radius 2 is 1.65 bits per heavy atom. The Balaban J connectivity index is 1.54. The van der Waals surface area contributed by atoms with E-state index in [-0.39, 0.29) is 5.91 Å². The molecule has 4 heteroatoms. The third kappa shape index (κ3) is 3.02. The first kappa shape index (κ1) is 13.6. The molecule has 2 saturated heterocycles. The highest BCUT2D eigenvalue weighted by Crippen LogP contribution is 2.15. The molecule has 1 aromatic rings. The number of carbonyl (C=O) groups excluding carboxylic acids is 1. The van der Waals surface area contributed by atoms with Crippen molar-refractivity contribution in [2.45, 2.75) is 18.9 Å². The molecular weight excluding hydrogens is 250 g/mol. The van der Waals surface area contributed by atoms with Crippen LogP contribution in [0, 0.1) is 0 Å². The molecule has 2 aliphatic heterocycles. The van der Waals surface area contributed by atoms with Crippen molar-refractivity contribution in [1.29, 1.82) is 0 Å². The van der Waals surface area contributed by atoms with E-state index in [2.05, 4.69) is 10.2 Å². The van der Waals surface area contributed by atoms with Gasteiger partial charge in [0.2, 0.25) is 0 Å². The number of piperazine rings is 1. The Kier molecular flexibility index (Phi) is 4.33. The molecule has 0 aromatic heterocycles. The predicted octanol–water partition coefficient (Wildman–Crippen LogP) is 1.20. The smallest absolute Gasteiger partial charge is 0.253 e. The van der Waals surface area contributed by atoms with Gasteiger partial charge in [0, 0.05) is 37.8 Å². The first-order chi connectivity index (χ1) is 9.84. The molecule has 0 atom stereocenters. The molecule has 108 valence electrons. The Hall–Kier alpha value is -1.39. The highest BCUT2D eigenvalue weighted by atomic mass is 16.2. The minimum Gasteiger partial charge on any atom is -0.336 e. The Morgan fingerprint density at radius 3 is 2.30 bits per heavy atom. The molecule has 2 heterocycles. The maximum absolute atomic E-state index is 12.4. The average molecular weight is 273 g/mol. The van der Waals surface area contributed by atoms with Crippen LogP contribution in [0.1, 0.15) is 23.2 Å². The first-order valence-electron chi connectivity index (χ1n) is 7.64. The summed E-state index contributed by atoms with van der Waals surface area (Å²) in [6.07, 6.45) is 2.49. The van der Waals surface area contributed by atoms with Gasteiger partial charge in [0.25, 0.3) is 5.91 Å². The van der Waals surface area contributed by atoms with Crippen LogP contribution < -0.4 is 5.32 Å². The fraction of sp³-hybridized carbons (Fsp3) is 0.562. The zero-order valence-electron chi connectivity index (χ0n) is 11.9. The Morgan fingerprint density at radius 1 is 1.00 bits per heavy atom. The minimum absolute atomic E-state index is 0.176. The molecule has 20 heavy (non-hydrogen) atoms. The molecular formula is C16H23N3O. The van der Waals surface area contributed by atoms with Crippen molar-refractivity contribution in [3.63, 3.8) is 0 Å². The quantitative estimate of drug-likeness (QED) is 0.879. The summed E-state index contributed by atoms with van der Waals surface area (Å²) in [4.78, 5) is 16.9. The Bertz CT molecular complexity index is 434. The number of piperidine rings is 1. The van der Waals surface area contributed by atoms with E-state index >= 15 is 0 Å². The highest BCUT2D eigenvalue weighted by Gasteiger charge is 2.27. The molecule has 0 bridgehead atoms. The van der Waals surface area contributed by atoms with Gasteiger partial charge in [-0.15, -0.1) is 0 Å². The van der Waals surface area contributed by atoms with Crippen LogP contribution in [-0.4, -0.2) is 61.0 Å². The number of nitrogens with one attached hydrogen (secondary N) is 1. The van der Waals surface area contributed by atoms with E-state index in [1.54, 1.807) is 0 Å². The number of nitrogens with zero attached hydrogens (tertiary/aromatic N) is 2. The van der Waals surface area contributed by atoms with Gasteiger partial charge in [-0.25, -0.2) is 0 Å². The predicted molar refractivity (Wildman–Crippen MR) is 79.8 cm³/mol. The van der Waals surface area contributed by atoms with Gasteiger partial charge >= 0.3 is 0 Å². The molecule has 1 aromatic carbocycles. The van der Waals surface area contributed by atoms with Crippen molar-refractivity contribution in [1.82, 2.24) is 15.1 Å². The fourth-order valence-corrected chi connectivity index (χ4v) is 3.23. The van der Waals surface area contributed by atoms with Crippen molar-refractivity contribution in [2.75, 3.05) is 39.3 Å². The van der Waals surface area contributed by atoms with Crippen LogP contribution in [0.2, 0.25) is 0 Å². The summed E-state index contributed by atoms with van der Waals surface area (Å²) >= 11 is 0. The lowest BCUT2D eigenvalue weighted by atomic mass is 10.0. The largest absolute Gasteiger partial charge is 0.336 e. The second-order valence-electron chi connectivity index (χ2n) is 5.68. The van der Waals surface area contributed by atoms with Crippen LogP contribution in [0.4, 0.5) is 0 Å². The number of benzene rings is 1. The van der Waals surface area contributed by atoms with Crippen molar-refractivity contribution in [3.8, 4) is 0 Å². The Labute approximate surface area is 120 Å². The normalized spacial score (nSPS) is 21.9. The minimum atomic E-state index is 0.176. The van der Waals surface area contributed by atoms with Gasteiger partial charge < -0.3 is 10.2 Å². The summed E-state index contributed by atoms with van der Waals surface area (Å²) in [5.41, 5.74) is 0.808. The van der Waals surface area contributed by atoms with Crippen LogP contribution in [0.5, 0.6) is 0 Å². The van der Waals surface area contributed by atoms with Gasteiger partial charge in [0.1, 0.15) is 0 Å². The lowest BCUT2D eigenvalue weighted by Gasteiger charge is -2.40. The lowest BCUT2D eigenvalue weighted by Crippen LogP contribution is -2.53. The molecule has 0 saturated carbocycles. The molecule has 4 nitrogen and oxygen atoms in total. The molecule has 2 aliphatic rings. The lowest BCUT2D eigenvalue weighted by molar-refractivity contribution is 0.0532. The summed E-state index contributed by atoms with van der Waals surface area (Å²) in [5, 5.41) is 3.41. The van der Waals surface area contributed by atoms with Crippen molar-refractivity contribution >= 4 is 5.91 Å². The van der Waals surface area contributed by atoms with Gasteiger partial charge in [-0.05, 0) is 38.1 Å². The monoisotopic (exact) mass is 273 g/mol. The number of hydrogen-bond donors (Lipinski definition) is 1. The molecule has 1 N–H and O–H groups in total. The van der Waals surface area contributed by atoms with Crippen LogP contribution >= 0.6 is 0 Å². The summed E-state index contributed by atoms with van der Waals surface area (Å²) < 4.78 is 0. The number of amides is 1. The number of hydrogen-bond acceptors (Lipinski definition) is 3. The summed E-state index contributed by atoms with van der Waals surface area (Å²) in [6.45, 7) is 6.02. The van der Waals surface area contributed by atoms with Gasteiger partial charge in [0.05, 0.1) is 0 Å². The third-order valence-electron chi connectivity index (χ3n) is 4.45. The third-order valence-corrected chi connectivity index (χ3v) is 4.45. The van der Waals surface area contributed by atoms with Crippen LogP contribution in [-0.2, 0) is 0 Å². The summed E-state index contributed by atoms with van der Waals surface area (Å²) in [6, 6.07) is 10.3. The van der Waals surface area contributed by atoms with Crippen LogP contribution in [0.15, 0.2) is 30.3 Å². The van der Waals surface area contributed by atoms with Gasteiger partial charge in [-0.3, -0.25) is 9.69 Å². The first-order valence-corrected chi connectivity index (χ1v) is 7.64. The second kappa shape index (κ2) is 6.37. The SMILES string of the molecule is O=C(c1ccccc1)N1CCN(C2CCNCC2)CC1. The van der Waals surface area contributed by atoms with Gasteiger partial charge in [-0.1, -0.05) is 18.2 Å². The average Bonchev–Trinajstić information content (AvgIpc) is 2.56. The molecule has 0 unspecified atom stereocenters. The fourth-order valence-electron chi connectivity index (χ4n) is 3.23. The van der Waals surface area contributed by atoms with Crippen molar-refractivity contribution in [3.05, 3.63) is 35.9 Å². The van der Waals surface area contributed by atoms with Gasteiger partial charge in [0.15, 0.2) is 0 Å². The highest BCUT2D eigenvalue weighted by molar-refractivity contribution is 5.94. The zero-order valence-corrected chi connectivity index (χ0v) is 11.9. The molecule has 0 radical (unpaired) electrons. The maximum Gasteiger partial charge on any atom is 0.253 e. The van der Waals surface area contributed by atoms with Gasteiger partial charge in [-0.2, -0.15) is 0 Å². The standard InChI is InChI=1S/C16H23N3O/c20-16(14-4-2-1-3-5-14)19-12-10-18(11-13-19)15-6-8-17-9-7-15/h1-5,15,17H,6-13H2. The molecule has 1 amide bonds. The van der Waals surface area contributed by atoms with E-state index in [0.717, 1.165) is 44.8 Å². The van der Waals surface area contributed by atoms with E-state index in [1.807, 2.05) is 35.2 Å². The molecule has 0 aliphatic carbocycles. The topological polar surface area (TPSA) is 35.6 Å². The molecule has 2 fully saturated rings. The second-order valence-corrected chi connectivity index (χ2v) is 5.68. The van der Waals surface area contributed by atoms with Crippen molar-refractivity contribution in [2.24, 2.45) is 0 Å². The van der Waals surface area contributed by atoms with Crippen LogP contribution in [0.3, 0.4) is 0 Å². The molecule has 0 spiro atoms. The zero-order chi connectivity index (χ0) is 13.8. The number of rotatable bonds is 2. The van der Waals surface area contributed by atoms with E-state index < -0.39 is 0 Å².